The van der Waals surface area contributed by atoms with Crippen LogP contribution in [0.15, 0.2) is 45.9 Å². The van der Waals surface area contributed by atoms with Gasteiger partial charge in [-0.25, -0.2) is 8.78 Å². The van der Waals surface area contributed by atoms with Crippen molar-refractivity contribution in [2.75, 3.05) is 25.0 Å². The molecule has 14 heteroatoms. The third kappa shape index (κ3) is 7.24. The molecule has 1 aliphatic heterocycles. The van der Waals surface area contributed by atoms with Crippen LogP contribution in [-0.2, 0) is 15.0 Å². The molecule has 0 aromatic heterocycles. The number of β-amino-alcohol motifs (C(OH)–C–C–N with tert-alkyl or cyclic N) is 1. The Hall–Kier alpha value is -3.78. The molecule has 4 rings (SSSR count). The lowest BCUT2D eigenvalue weighted by Crippen LogP contribution is -2.42. The van der Waals surface area contributed by atoms with E-state index in [1.165, 1.54) is 24.3 Å². The predicted octanol–water partition coefficient (Wildman–Crippen LogP) is 2.25. The van der Waals surface area contributed by atoms with Crippen LogP contribution >= 0.6 is 15.9 Å². The van der Waals surface area contributed by atoms with Gasteiger partial charge in [-0.1, -0.05) is 22.0 Å². The summed E-state index contributed by atoms with van der Waals surface area (Å²) in [6, 6.07) is 7.57. The average molecular weight is 624 g/mol. The van der Waals surface area contributed by atoms with Gasteiger partial charge in [-0.15, -0.1) is 0 Å². The fourth-order valence-electron chi connectivity index (χ4n) is 4.37. The Bertz CT molecular complexity index is 1340. The zero-order valence-electron chi connectivity index (χ0n) is 21.1. The number of hydrogen-bond donors (Lipinski definition) is 7. The molecule has 0 radical (unpaired) electrons. The number of phenols is 1. The van der Waals surface area contributed by atoms with Gasteiger partial charge < -0.3 is 36.6 Å². The first kappa shape index (κ1) is 29.2. The summed E-state index contributed by atoms with van der Waals surface area (Å²) in [6.45, 7) is -0.0422. The minimum atomic E-state index is -2.58. The fourth-order valence-corrected chi connectivity index (χ4v) is 4.88. The number of aliphatic imine (C=N–C) groups is 1. The number of phenolic OH excluding ortho intramolecular Hbond substituents is 1. The number of alkyl halides is 2. The van der Waals surface area contributed by atoms with Crippen LogP contribution in [0.3, 0.4) is 0 Å². The molecule has 2 aromatic carbocycles. The van der Waals surface area contributed by atoms with E-state index in [9.17, 15) is 38.5 Å². The number of guanidine groups is 1. The number of aliphatic hydroxyl groups excluding tert-OH is 1. The first-order valence-electron chi connectivity index (χ1n) is 12.4. The molecule has 0 bridgehead atoms. The van der Waals surface area contributed by atoms with E-state index in [4.69, 9.17) is 0 Å². The molecule has 2 atom stereocenters. The number of halogens is 3. The summed E-state index contributed by atoms with van der Waals surface area (Å²) >= 11 is 3.29. The first-order valence-corrected chi connectivity index (χ1v) is 13.2. The molecule has 2 aliphatic rings. The number of carbonyl (C=O) groups is 3. The van der Waals surface area contributed by atoms with Crippen molar-refractivity contribution in [1.82, 2.24) is 16.0 Å². The average Bonchev–Trinajstić information content (AvgIpc) is 3.70. The number of rotatable bonds is 10. The van der Waals surface area contributed by atoms with E-state index in [0.717, 1.165) is 0 Å². The van der Waals surface area contributed by atoms with Gasteiger partial charge in [0.2, 0.25) is 12.3 Å². The van der Waals surface area contributed by atoms with Crippen LogP contribution in [0.25, 0.3) is 0 Å². The van der Waals surface area contributed by atoms with Gasteiger partial charge >= 0.3 is 5.97 Å². The molecular formula is C26H28BrF2N5O6. The van der Waals surface area contributed by atoms with Crippen LogP contribution in [-0.4, -0.2) is 71.2 Å². The van der Waals surface area contributed by atoms with Crippen molar-refractivity contribution < 1.29 is 38.5 Å². The molecule has 1 aliphatic carbocycles. The van der Waals surface area contributed by atoms with Crippen LogP contribution in [0, 0.1) is 0 Å². The topological polar surface area (TPSA) is 172 Å². The van der Waals surface area contributed by atoms with E-state index in [1.807, 2.05) is 0 Å². The lowest BCUT2D eigenvalue weighted by Gasteiger charge is -2.22. The fraction of sp³-hybridized carbons (Fsp3) is 0.385. The highest BCUT2D eigenvalue weighted by atomic mass is 79.9. The molecule has 1 fully saturated rings. The second-order valence-electron chi connectivity index (χ2n) is 9.75. The van der Waals surface area contributed by atoms with Crippen molar-refractivity contribution in [3.8, 4) is 5.75 Å². The number of aromatic hydroxyl groups is 1. The molecule has 0 saturated heterocycles. The highest BCUT2D eigenvalue weighted by molar-refractivity contribution is 9.10. The monoisotopic (exact) mass is 623 g/mol. The van der Waals surface area contributed by atoms with Gasteiger partial charge in [0.15, 0.2) is 5.96 Å². The zero-order chi connectivity index (χ0) is 29.0. The summed E-state index contributed by atoms with van der Waals surface area (Å²) in [6.07, 6.45) is -3.08. The molecule has 2 aromatic rings. The van der Waals surface area contributed by atoms with Crippen molar-refractivity contribution in [2.24, 2.45) is 4.99 Å². The minimum absolute atomic E-state index is 0.0344. The summed E-state index contributed by atoms with van der Waals surface area (Å²) in [7, 11) is 0. The van der Waals surface area contributed by atoms with Gasteiger partial charge in [0.1, 0.15) is 5.75 Å². The maximum Gasteiger partial charge on any atom is 0.305 e. The van der Waals surface area contributed by atoms with Crippen LogP contribution in [0.1, 0.15) is 46.8 Å². The number of carboxylic acid groups (broad SMARTS) is 1. The predicted molar refractivity (Wildman–Crippen MR) is 145 cm³/mol. The molecular weight excluding hydrogens is 596 g/mol. The lowest BCUT2D eigenvalue weighted by atomic mass is 9.92. The van der Waals surface area contributed by atoms with Crippen molar-refractivity contribution in [2.45, 2.75) is 43.2 Å². The highest BCUT2D eigenvalue weighted by Gasteiger charge is 2.52. The van der Waals surface area contributed by atoms with E-state index in [0.29, 0.717) is 40.1 Å². The van der Waals surface area contributed by atoms with E-state index in [2.05, 4.69) is 42.2 Å². The standard InChI is InChI=1S/C26H28BrF2N5O6/c27-16-4-13(3-15(7-16)26(1-2-26)24(28)29)20(9-22(38)39)34-21(37)12-30-23(40)14-5-17(8-18(35)6-14)33-25-31-10-19(36)11-32-25/h3-8,19-20,24,35-36H,1-2,9-12H2,(H,30,40)(H,34,37)(H,38,39)(H2,31,32,33). The number of benzene rings is 2. The van der Waals surface area contributed by atoms with Crippen LogP contribution < -0.4 is 21.3 Å². The van der Waals surface area contributed by atoms with Gasteiger partial charge in [-0.05, 0) is 48.2 Å². The molecule has 214 valence electrons. The maximum atomic E-state index is 13.7. The summed E-state index contributed by atoms with van der Waals surface area (Å²) in [5.74, 6) is -2.47. The summed E-state index contributed by atoms with van der Waals surface area (Å²) in [4.78, 5) is 41.0. The largest absolute Gasteiger partial charge is 0.508 e. The number of aliphatic hydroxyl groups is 1. The number of nitrogens with one attached hydrogen (secondary N) is 4. The van der Waals surface area contributed by atoms with Crippen LogP contribution in [0.5, 0.6) is 5.75 Å². The lowest BCUT2D eigenvalue weighted by molar-refractivity contribution is -0.137. The Labute approximate surface area is 236 Å². The number of carbonyl (C=O) groups excluding carboxylic acids is 2. The van der Waals surface area contributed by atoms with Gasteiger partial charge in [-0.3, -0.25) is 19.4 Å². The Morgan fingerprint density at radius 3 is 2.52 bits per heavy atom. The Morgan fingerprint density at radius 2 is 1.90 bits per heavy atom. The third-order valence-corrected chi connectivity index (χ3v) is 7.09. The summed E-state index contributed by atoms with van der Waals surface area (Å²) in [5.41, 5.74) is -0.202. The van der Waals surface area contributed by atoms with Gasteiger partial charge in [0.05, 0.1) is 37.1 Å². The van der Waals surface area contributed by atoms with E-state index >= 15 is 0 Å². The summed E-state index contributed by atoms with van der Waals surface area (Å²) in [5, 5.41) is 39.7. The molecule has 2 unspecified atom stereocenters. The first-order chi connectivity index (χ1) is 18.9. The van der Waals surface area contributed by atoms with Gasteiger partial charge in [0.25, 0.3) is 5.91 Å². The second-order valence-corrected chi connectivity index (χ2v) is 10.7. The van der Waals surface area contributed by atoms with Gasteiger partial charge in [-0.2, -0.15) is 0 Å². The molecule has 0 spiro atoms. The number of nitrogens with zero attached hydrogens (tertiary/aromatic N) is 1. The molecule has 1 saturated carbocycles. The molecule has 1 heterocycles. The van der Waals surface area contributed by atoms with Crippen molar-refractivity contribution in [1.29, 1.82) is 0 Å². The van der Waals surface area contributed by atoms with Crippen LogP contribution in [0.2, 0.25) is 0 Å². The van der Waals surface area contributed by atoms with E-state index < -0.39 is 54.7 Å². The van der Waals surface area contributed by atoms with Crippen molar-refractivity contribution >= 4 is 45.4 Å². The van der Waals surface area contributed by atoms with Gasteiger partial charge in [0, 0.05) is 28.3 Å². The normalized spacial score (nSPS) is 18.2. The Kier molecular flexibility index (Phi) is 8.88. The maximum absolute atomic E-state index is 13.7. The second kappa shape index (κ2) is 12.2. The number of carboxylic acids is 1. The Balaban J connectivity index is 1.42. The van der Waals surface area contributed by atoms with E-state index in [-0.39, 0.29) is 24.4 Å². The van der Waals surface area contributed by atoms with E-state index in [1.54, 1.807) is 12.1 Å². The smallest absolute Gasteiger partial charge is 0.305 e. The molecule has 11 nitrogen and oxygen atoms in total. The zero-order valence-corrected chi connectivity index (χ0v) is 22.7. The Morgan fingerprint density at radius 1 is 1.15 bits per heavy atom. The molecule has 7 N–H and O–H groups in total. The number of amides is 2. The third-order valence-electron chi connectivity index (χ3n) is 6.64. The number of anilines is 1. The van der Waals surface area contributed by atoms with Crippen LogP contribution in [0.4, 0.5) is 14.5 Å². The minimum Gasteiger partial charge on any atom is -0.508 e. The SMILES string of the molecule is O=C(O)CC(NC(=O)CNC(=O)c1cc(O)cc(NC2=NCC(O)CN2)c1)c1cc(Br)cc(C2(C(F)F)CC2)c1. The molecule has 40 heavy (non-hydrogen) atoms. The highest BCUT2D eigenvalue weighted by Crippen LogP contribution is 2.53. The van der Waals surface area contributed by atoms with Crippen molar-refractivity contribution in [3.63, 3.8) is 0 Å². The number of hydrogen-bond acceptors (Lipinski definition) is 8. The summed E-state index contributed by atoms with van der Waals surface area (Å²) < 4.78 is 27.8. The van der Waals surface area contributed by atoms with Crippen molar-refractivity contribution in [3.05, 3.63) is 57.6 Å². The number of aliphatic carboxylic acids is 1. The quantitative estimate of drug-likeness (QED) is 0.211. The molecule has 2 amide bonds.